The molecular weight excluding hydrogens is 308 g/mol. The van der Waals surface area contributed by atoms with Crippen molar-refractivity contribution in [3.63, 3.8) is 0 Å². The monoisotopic (exact) mass is 326 g/mol. The molecule has 0 amide bonds. The highest BCUT2D eigenvalue weighted by atomic mass is 35.5. The van der Waals surface area contributed by atoms with Crippen molar-refractivity contribution in [1.29, 1.82) is 0 Å². The Labute approximate surface area is 140 Å². The molecule has 118 valence electrons. The van der Waals surface area contributed by atoms with Crippen molar-refractivity contribution in [1.82, 2.24) is 9.78 Å². The fourth-order valence-corrected chi connectivity index (χ4v) is 2.87. The van der Waals surface area contributed by atoms with Crippen molar-refractivity contribution < 1.29 is 4.79 Å². The molecule has 0 aliphatic carbocycles. The molecule has 0 unspecified atom stereocenters. The van der Waals surface area contributed by atoms with Gasteiger partial charge in [-0.1, -0.05) is 55.3 Å². The van der Waals surface area contributed by atoms with E-state index in [1.54, 1.807) is 4.68 Å². The Morgan fingerprint density at radius 1 is 1.17 bits per heavy atom. The van der Waals surface area contributed by atoms with Crippen molar-refractivity contribution in [2.24, 2.45) is 0 Å². The summed E-state index contributed by atoms with van der Waals surface area (Å²) < 4.78 is 1.80. The molecule has 0 spiro atoms. The molecule has 0 atom stereocenters. The van der Waals surface area contributed by atoms with Crippen molar-refractivity contribution in [2.45, 2.75) is 32.7 Å². The van der Waals surface area contributed by atoms with E-state index in [0.717, 1.165) is 35.0 Å². The summed E-state index contributed by atoms with van der Waals surface area (Å²) in [5, 5.41) is 6.34. The maximum Gasteiger partial charge on any atom is 0.154 e. The van der Waals surface area contributed by atoms with Crippen molar-refractivity contribution in [3.8, 4) is 11.3 Å². The smallest absolute Gasteiger partial charge is 0.154 e. The summed E-state index contributed by atoms with van der Waals surface area (Å²) in [5.74, 6) is 0.214. The molecule has 1 aromatic heterocycles. The molecule has 3 aromatic rings. The highest BCUT2D eigenvalue weighted by Gasteiger charge is 2.14. The standard InChI is InChI=1S/C19H19ClN2O/c1-2-3-9-16(23)13-22-18-11-10-15(20)12-17(18)19(21-22)14-7-5-4-6-8-14/h4-8,10-12H,2-3,9,13H2,1H3. The summed E-state index contributed by atoms with van der Waals surface area (Å²) in [6.07, 6.45) is 2.55. The Morgan fingerprint density at radius 3 is 2.70 bits per heavy atom. The number of fused-ring (bicyclic) bond motifs is 1. The van der Waals surface area contributed by atoms with Gasteiger partial charge in [-0.15, -0.1) is 0 Å². The first-order valence-electron chi connectivity index (χ1n) is 7.92. The second-order valence-corrected chi connectivity index (χ2v) is 6.11. The van der Waals surface area contributed by atoms with Gasteiger partial charge < -0.3 is 0 Å². The average Bonchev–Trinajstić information content (AvgIpc) is 2.91. The Bertz CT molecular complexity index is 824. The van der Waals surface area contributed by atoms with E-state index in [2.05, 4.69) is 12.0 Å². The number of carbonyl (C=O) groups excluding carboxylic acids is 1. The molecule has 23 heavy (non-hydrogen) atoms. The minimum atomic E-state index is 0.214. The lowest BCUT2D eigenvalue weighted by atomic mass is 10.1. The maximum absolute atomic E-state index is 12.1. The Balaban J connectivity index is 2.04. The first-order chi connectivity index (χ1) is 11.2. The third-order valence-corrected chi connectivity index (χ3v) is 4.13. The van der Waals surface area contributed by atoms with E-state index in [4.69, 9.17) is 11.6 Å². The third kappa shape index (κ3) is 3.45. The van der Waals surface area contributed by atoms with Crippen molar-refractivity contribution in [3.05, 3.63) is 53.6 Å². The van der Waals surface area contributed by atoms with E-state index in [1.807, 2.05) is 48.5 Å². The van der Waals surface area contributed by atoms with Gasteiger partial charge in [-0.3, -0.25) is 9.48 Å². The second kappa shape index (κ2) is 6.97. The van der Waals surface area contributed by atoms with Crippen molar-refractivity contribution >= 4 is 28.3 Å². The molecule has 0 saturated carbocycles. The van der Waals surface area contributed by atoms with Gasteiger partial charge in [-0.25, -0.2) is 0 Å². The normalized spacial score (nSPS) is 11.0. The summed E-state index contributed by atoms with van der Waals surface area (Å²) in [7, 11) is 0. The quantitative estimate of drug-likeness (QED) is 0.630. The van der Waals surface area contributed by atoms with Gasteiger partial charge in [0.2, 0.25) is 0 Å². The van der Waals surface area contributed by atoms with Crippen LogP contribution in [-0.2, 0) is 11.3 Å². The summed E-state index contributed by atoms with van der Waals surface area (Å²) in [4.78, 5) is 12.1. The Hall–Kier alpha value is -2.13. The van der Waals surface area contributed by atoms with Crippen LogP contribution in [0.3, 0.4) is 0 Å². The molecule has 0 radical (unpaired) electrons. The number of ketones is 1. The lowest BCUT2D eigenvalue weighted by Gasteiger charge is -2.02. The predicted octanol–water partition coefficient (Wildman–Crippen LogP) is 5.12. The highest BCUT2D eigenvalue weighted by molar-refractivity contribution is 6.31. The largest absolute Gasteiger partial charge is 0.298 e. The molecule has 0 bridgehead atoms. The van der Waals surface area contributed by atoms with E-state index in [9.17, 15) is 4.79 Å². The zero-order chi connectivity index (χ0) is 16.2. The number of hydrogen-bond acceptors (Lipinski definition) is 2. The topological polar surface area (TPSA) is 34.9 Å². The molecular formula is C19H19ClN2O. The average molecular weight is 327 g/mol. The molecule has 0 N–H and O–H groups in total. The minimum Gasteiger partial charge on any atom is -0.298 e. The van der Waals surface area contributed by atoms with Gasteiger partial charge in [0, 0.05) is 22.4 Å². The number of unbranched alkanes of at least 4 members (excludes halogenated alkanes) is 1. The lowest BCUT2D eigenvalue weighted by molar-refractivity contribution is -0.119. The van der Waals surface area contributed by atoms with Crippen LogP contribution in [0.1, 0.15) is 26.2 Å². The van der Waals surface area contributed by atoms with Crippen LogP contribution in [0, 0.1) is 0 Å². The summed E-state index contributed by atoms with van der Waals surface area (Å²) in [6.45, 7) is 2.40. The first kappa shape index (κ1) is 15.8. The van der Waals surface area contributed by atoms with Gasteiger partial charge in [0.15, 0.2) is 5.78 Å². The van der Waals surface area contributed by atoms with Gasteiger partial charge in [0.25, 0.3) is 0 Å². The van der Waals surface area contributed by atoms with Crippen LogP contribution in [-0.4, -0.2) is 15.6 Å². The van der Waals surface area contributed by atoms with Gasteiger partial charge in [0.05, 0.1) is 5.52 Å². The molecule has 4 heteroatoms. The number of halogens is 1. The fourth-order valence-electron chi connectivity index (χ4n) is 2.70. The predicted molar refractivity (Wildman–Crippen MR) is 94.7 cm³/mol. The maximum atomic E-state index is 12.1. The number of nitrogens with zero attached hydrogens (tertiary/aromatic N) is 2. The van der Waals surface area contributed by atoms with E-state index < -0.39 is 0 Å². The minimum absolute atomic E-state index is 0.214. The van der Waals surface area contributed by atoms with Crippen LogP contribution < -0.4 is 0 Å². The highest BCUT2D eigenvalue weighted by Crippen LogP contribution is 2.30. The van der Waals surface area contributed by atoms with Crippen LogP contribution in [0.4, 0.5) is 0 Å². The lowest BCUT2D eigenvalue weighted by Crippen LogP contribution is -2.11. The molecule has 0 aliphatic rings. The first-order valence-corrected chi connectivity index (χ1v) is 8.30. The van der Waals surface area contributed by atoms with Gasteiger partial charge in [-0.05, 0) is 24.6 Å². The summed E-state index contributed by atoms with van der Waals surface area (Å²) in [6, 6.07) is 15.7. The number of hydrogen-bond donors (Lipinski definition) is 0. The number of aromatic nitrogens is 2. The SMILES string of the molecule is CCCCC(=O)Cn1nc(-c2ccccc2)c2cc(Cl)ccc21. The molecule has 3 rings (SSSR count). The molecule has 0 aliphatic heterocycles. The summed E-state index contributed by atoms with van der Waals surface area (Å²) >= 11 is 6.16. The van der Waals surface area contributed by atoms with Crippen molar-refractivity contribution in [2.75, 3.05) is 0 Å². The van der Waals surface area contributed by atoms with Gasteiger partial charge in [0.1, 0.15) is 12.2 Å². The Kier molecular flexibility index (Phi) is 4.77. The van der Waals surface area contributed by atoms with Gasteiger partial charge in [-0.2, -0.15) is 5.10 Å². The molecule has 3 nitrogen and oxygen atoms in total. The van der Waals surface area contributed by atoms with Crippen LogP contribution in [0.2, 0.25) is 5.02 Å². The van der Waals surface area contributed by atoms with Crippen LogP contribution in [0.5, 0.6) is 0 Å². The molecule has 1 heterocycles. The van der Waals surface area contributed by atoms with E-state index >= 15 is 0 Å². The number of benzene rings is 2. The van der Waals surface area contributed by atoms with E-state index in [1.165, 1.54) is 0 Å². The molecule has 2 aromatic carbocycles. The fraction of sp³-hybridized carbons (Fsp3) is 0.263. The van der Waals surface area contributed by atoms with Crippen LogP contribution in [0.25, 0.3) is 22.2 Å². The van der Waals surface area contributed by atoms with Crippen LogP contribution >= 0.6 is 11.6 Å². The Morgan fingerprint density at radius 2 is 1.96 bits per heavy atom. The number of rotatable bonds is 6. The number of Topliss-reactive ketones (excluding diaryl/α,β-unsaturated/α-hetero) is 1. The second-order valence-electron chi connectivity index (χ2n) is 5.68. The number of carbonyl (C=O) groups is 1. The van der Waals surface area contributed by atoms with E-state index in [-0.39, 0.29) is 5.78 Å². The zero-order valence-electron chi connectivity index (χ0n) is 13.1. The van der Waals surface area contributed by atoms with Crippen LogP contribution in [0.15, 0.2) is 48.5 Å². The zero-order valence-corrected chi connectivity index (χ0v) is 13.9. The third-order valence-electron chi connectivity index (χ3n) is 3.90. The molecule has 0 saturated heterocycles. The van der Waals surface area contributed by atoms with Gasteiger partial charge >= 0.3 is 0 Å². The summed E-state index contributed by atoms with van der Waals surface area (Å²) in [5.41, 5.74) is 2.84. The van der Waals surface area contributed by atoms with E-state index in [0.29, 0.717) is 18.0 Å². The molecule has 0 fully saturated rings.